The van der Waals surface area contributed by atoms with Crippen LogP contribution < -0.4 is 0 Å². The summed E-state index contributed by atoms with van der Waals surface area (Å²) in [5.74, 6) is 0.423. The smallest absolute Gasteiger partial charge is 0.155 e. The first-order valence-corrected chi connectivity index (χ1v) is 8.46. The van der Waals surface area contributed by atoms with Crippen molar-refractivity contribution in [3.05, 3.63) is 25.3 Å². The van der Waals surface area contributed by atoms with Crippen molar-refractivity contribution in [3.8, 4) is 0 Å². The Bertz CT molecular complexity index is 391. The normalized spacial score (nSPS) is 14.6. The Balaban J connectivity index is 3.56. The Morgan fingerprint density at radius 1 is 0.833 bits per heavy atom. The van der Waals surface area contributed by atoms with Crippen molar-refractivity contribution in [1.82, 2.24) is 0 Å². The molecule has 3 atom stereocenters. The van der Waals surface area contributed by atoms with Crippen LogP contribution in [-0.2, 0) is 23.8 Å². The van der Waals surface area contributed by atoms with Crippen LogP contribution in [0.1, 0.15) is 33.6 Å². The molecule has 24 heavy (non-hydrogen) atoms. The third-order valence-electron chi connectivity index (χ3n) is 3.35. The molecule has 3 unspecified atom stereocenters. The van der Waals surface area contributed by atoms with Crippen LogP contribution in [0.25, 0.3) is 0 Å². The van der Waals surface area contributed by atoms with E-state index in [1.165, 1.54) is 12.2 Å². The number of rotatable bonds is 16. The first-order valence-electron chi connectivity index (χ1n) is 8.46. The van der Waals surface area contributed by atoms with E-state index in [1.807, 2.05) is 20.8 Å². The molecule has 0 aromatic carbocycles. The van der Waals surface area contributed by atoms with E-state index in [9.17, 15) is 9.59 Å². The van der Waals surface area contributed by atoms with Crippen molar-refractivity contribution in [3.63, 3.8) is 0 Å². The number of hydrogen-bond donors (Lipinski definition) is 0. The van der Waals surface area contributed by atoms with Gasteiger partial charge in [0.05, 0.1) is 32.5 Å². The third-order valence-corrected chi connectivity index (χ3v) is 3.35. The molecule has 0 rings (SSSR count). The minimum atomic E-state index is -0.0320. The van der Waals surface area contributed by atoms with Gasteiger partial charge in [-0.15, -0.1) is 0 Å². The maximum Gasteiger partial charge on any atom is 0.155 e. The Labute approximate surface area is 146 Å². The molecule has 0 radical (unpaired) electrons. The van der Waals surface area contributed by atoms with E-state index >= 15 is 0 Å². The molecule has 0 aliphatic rings. The summed E-state index contributed by atoms with van der Waals surface area (Å²) in [4.78, 5) is 22.4. The van der Waals surface area contributed by atoms with E-state index in [0.29, 0.717) is 45.9 Å². The first kappa shape index (κ1) is 22.7. The molecule has 0 heterocycles. The van der Waals surface area contributed by atoms with E-state index in [-0.39, 0.29) is 29.5 Å². The van der Waals surface area contributed by atoms with Crippen molar-refractivity contribution in [2.45, 2.75) is 39.7 Å². The molecule has 0 aromatic heterocycles. The second kappa shape index (κ2) is 14.1. The highest BCUT2D eigenvalue weighted by Crippen LogP contribution is 2.06. The fourth-order valence-electron chi connectivity index (χ4n) is 2.00. The summed E-state index contributed by atoms with van der Waals surface area (Å²) >= 11 is 0. The van der Waals surface area contributed by atoms with Crippen molar-refractivity contribution in [1.29, 1.82) is 0 Å². The molecule has 0 aliphatic carbocycles. The molecule has 5 heteroatoms. The zero-order valence-electron chi connectivity index (χ0n) is 15.3. The molecular formula is C19H32O5. The average molecular weight is 340 g/mol. The Morgan fingerprint density at radius 3 is 1.79 bits per heavy atom. The lowest BCUT2D eigenvalue weighted by molar-refractivity contribution is -0.116. The van der Waals surface area contributed by atoms with Crippen LogP contribution in [-0.4, -0.2) is 50.7 Å². The predicted molar refractivity (Wildman–Crippen MR) is 95.0 cm³/mol. The van der Waals surface area contributed by atoms with Gasteiger partial charge in [0, 0.05) is 19.4 Å². The highest BCUT2D eigenvalue weighted by molar-refractivity contribution is 5.89. The van der Waals surface area contributed by atoms with Gasteiger partial charge in [-0.1, -0.05) is 27.0 Å². The lowest BCUT2D eigenvalue weighted by Crippen LogP contribution is -2.21. The summed E-state index contributed by atoms with van der Waals surface area (Å²) in [6.07, 6.45) is 3.57. The highest BCUT2D eigenvalue weighted by atomic mass is 16.5. The van der Waals surface area contributed by atoms with Gasteiger partial charge >= 0.3 is 0 Å². The second-order valence-corrected chi connectivity index (χ2v) is 6.25. The Hall–Kier alpha value is -1.30. The van der Waals surface area contributed by atoms with Gasteiger partial charge in [-0.05, 0) is 30.9 Å². The summed E-state index contributed by atoms with van der Waals surface area (Å²) < 4.78 is 16.6. The van der Waals surface area contributed by atoms with Gasteiger partial charge in [-0.2, -0.15) is 0 Å². The van der Waals surface area contributed by atoms with Crippen LogP contribution >= 0.6 is 0 Å². The molecule has 138 valence electrons. The van der Waals surface area contributed by atoms with Crippen LogP contribution in [0.2, 0.25) is 0 Å². The molecular weight excluding hydrogens is 308 g/mol. The predicted octanol–water partition coefficient (Wildman–Crippen LogP) is 2.99. The van der Waals surface area contributed by atoms with Gasteiger partial charge < -0.3 is 14.2 Å². The van der Waals surface area contributed by atoms with Crippen molar-refractivity contribution in [2.75, 3.05) is 33.0 Å². The standard InChI is InChI=1S/C19H32O5/c1-6-18(20)10-15(3)12-22-8-9-23-14-17(5)24-13-16(4)11-19(21)7-2/h6-7,15-17H,1-2,8-14H2,3-5H3. The molecule has 0 spiro atoms. The molecule has 5 nitrogen and oxygen atoms in total. The fraction of sp³-hybridized carbons (Fsp3) is 0.684. The van der Waals surface area contributed by atoms with Crippen LogP contribution in [0.4, 0.5) is 0 Å². The maximum absolute atomic E-state index is 11.2. The third kappa shape index (κ3) is 13.2. The number of allylic oxidation sites excluding steroid dienone is 2. The topological polar surface area (TPSA) is 61.8 Å². The lowest BCUT2D eigenvalue weighted by atomic mass is 10.1. The van der Waals surface area contributed by atoms with Gasteiger partial charge in [0.1, 0.15) is 0 Å². The Kier molecular flexibility index (Phi) is 13.3. The van der Waals surface area contributed by atoms with Crippen LogP contribution in [0.5, 0.6) is 0 Å². The van der Waals surface area contributed by atoms with Crippen molar-refractivity contribution >= 4 is 11.6 Å². The molecule has 0 saturated carbocycles. The monoisotopic (exact) mass is 340 g/mol. The quantitative estimate of drug-likeness (QED) is 0.319. The number of ketones is 2. The average Bonchev–Trinajstić information content (AvgIpc) is 2.55. The number of ether oxygens (including phenoxy) is 3. The van der Waals surface area contributed by atoms with Crippen molar-refractivity contribution < 1.29 is 23.8 Å². The highest BCUT2D eigenvalue weighted by Gasteiger charge is 2.10. The number of carbonyl (C=O) groups is 2. The zero-order valence-corrected chi connectivity index (χ0v) is 15.3. The summed E-state index contributed by atoms with van der Waals surface area (Å²) in [7, 11) is 0. The molecule has 0 N–H and O–H groups in total. The first-order chi connectivity index (χ1) is 11.4. The van der Waals surface area contributed by atoms with Crippen LogP contribution in [0.3, 0.4) is 0 Å². The summed E-state index contributed by atoms with van der Waals surface area (Å²) in [6, 6.07) is 0. The van der Waals surface area contributed by atoms with Gasteiger partial charge in [0.2, 0.25) is 0 Å². The Morgan fingerprint density at radius 2 is 1.29 bits per heavy atom. The van der Waals surface area contributed by atoms with Crippen LogP contribution in [0, 0.1) is 11.8 Å². The zero-order chi connectivity index (χ0) is 18.4. The van der Waals surface area contributed by atoms with E-state index in [4.69, 9.17) is 14.2 Å². The molecule has 0 fully saturated rings. The lowest BCUT2D eigenvalue weighted by Gasteiger charge is -2.17. The number of carbonyl (C=O) groups excluding carboxylic acids is 2. The second-order valence-electron chi connectivity index (χ2n) is 6.25. The van der Waals surface area contributed by atoms with Crippen molar-refractivity contribution in [2.24, 2.45) is 11.8 Å². The minimum Gasteiger partial charge on any atom is -0.379 e. The molecule has 0 saturated heterocycles. The van der Waals surface area contributed by atoms with E-state index in [2.05, 4.69) is 13.2 Å². The maximum atomic E-state index is 11.2. The fourth-order valence-corrected chi connectivity index (χ4v) is 2.00. The van der Waals surface area contributed by atoms with Gasteiger partial charge in [-0.25, -0.2) is 0 Å². The summed E-state index contributed by atoms with van der Waals surface area (Å²) in [6.45, 7) is 15.3. The molecule has 0 amide bonds. The largest absolute Gasteiger partial charge is 0.379 e. The van der Waals surface area contributed by atoms with E-state index in [1.54, 1.807) is 0 Å². The van der Waals surface area contributed by atoms with E-state index < -0.39 is 0 Å². The summed E-state index contributed by atoms with van der Waals surface area (Å²) in [5, 5.41) is 0. The minimum absolute atomic E-state index is 0.0320. The van der Waals surface area contributed by atoms with Gasteiger partial charge in [-0.3, -0.25) is 9.59 Å². The molecule has 0 bridgehead atoms. The van der Waals surface area contributed by atoms with Gasteiger partial charge in [0.25, 0.3) is 0 Å². The van der Waals surface area contributed by atoms with Crippen LogP contribution in [0.15, 0.2) is 25.3 Å². The SMILES string of the molecule is C=CC(=O)CC(C)COCCOCC(C)OCC(C)CC(=O)C=C. The van der Waals surface area contributed by atoms with E-state index in [0.717, 1.165) is 0 Å². The molecule has 0 aliphatic heterocycles. The number of hydrogen-bond acceptors (Lipinski definition) is 5. The summed E-state index contributed by atoms with van der Waals surface area (Å²) in [5.41, 5.74) is 0. The van der Waals surface area contributed by atoms with Gasteiger partial charge in [0.15, 0.2) is 11.6 Å². The molecule has 0 aromatic rings.